The SMILES string of the molecule is Cc1ccc(NC(=S)Nc2cccc(N(C)S(C)(=O)=O)c2)cc1. The van der Waals surface area contributed by atoms with Gasteiger partial charge in [0, 0.05) is 18.4 Å². The van der Waals surface area contributed by atoms with Gasteiger partial charge in [0.15, 0.2) is 5.11 Å². The van der Waals surface area contributed by atoms with Crippen molar-refractivity contribution >= 4 is 44.4 Å². The molecule has 0 amide bonds. The molecule has 0 bridgehead atoms. The third-order valence-electron chi connectivity index (χ3n) is 3.27. The first kappa shape index (κ1) is 17.2. The quantitative estimate of drug-likeness (QED) is 0.830. The molecule has 0 aliphatic heterocycles. The number of hydrogen-bond acceptors (Lipinski definition) is 3. The molecular formula is C16H19N3O2S2. The van der Waals surface area contributed by atoms with E-state index in [0.717, 1.165) is 11.9 Å². The summed E-state index contributed by atoms with van der Waals surface area (Å²) in [5, 5.41) is 6.57. The highest BCUT2D eigenvalue weighted by Gasteiger charge is 2.12. The summed E-state index contributed by atoms with van der Waals surface area (Å²) < 4.78 is 24.4. The van der Waals surface area contributed by atoms with Gasteiger partial charge in [0.2, 0.25) is 10.0 Å². The zero-order valence-corrected chi connectivity index (χ0v) is 14.8. The van der Waals surface area contributed by atoms with Crippen molar-refractivity contribution in [3.63, 3.8) is 0 Å². The van der Waals surface area contributed by atoms with E-state index in [2.05, 4.69) is 10.6 Å². The second-order valence-electron chi connectivity index (χ2n) is 5.23. The van der Waals surface area contributed by atoms with E-state index in [0.29, 0.717) is 16.5 Å². The molecule has 2 aromatic carbocycles. The van der Waals surface area contributed by atoms with Gasteiger partial charge in [-0.1, -0.05) is 23.8 Å². The minimum atomic E-state index is -3.30. The Balaban J connectivity index is 2.08. The maximum Gasteiger partial charge on any atom is 0.231 e. The summed E-state index contributed by atoms with van der Waals surface area (Å²) in [6.07, 6.45) is 1.16. The van der Waals surface area contributed by atoms with Gasteiger partial charge < -0.3 is 10.6 Å². The Kier molecular flexibility index (Phi) is 5.23. The summed E-state index contributed by atoms with van der Waals surface area (Å²) >= 11 is 5.28. The first-order chi connectivity index (χ1) is 10.8. The minimum absolute atomic E-state index is 0.438. The van der Waals surface area contributed by atoms with E-state index in [1.165, 1.54) is 16.9 Å². The molecule has 2 rings (SSSR count). The van der Waals surface area contributed by atoms with Crippen molar-refractivity contribution in [3.05, 3.63) is 54.1 Å². The van der Waals surface area contributed by atoms with Crippen molar-refractivity contribution in [3.8, 4) is 0 Å². The first-order valence-electron chi connectivity index (χ1n) is 6.94. The lowest BCUT2D eigenvalue weighted by Gasteiger charge is -2.18. The molecule has 0 aliphatic carbocycles. The molecule has 0 saturated carbocycles. The Morgan fingerprint density at radius 1 is 1.04 bits per heavy atom. The van der Waals surface area contributed by atoms with Crippen LogP contribution in [0.4, 0.5) is 17.1 Å². The molecule has 0 radical (unpaired) electrons. The molecule has 0 unspecified atom stereocenters. The Morgan fingerprint density at radius 2 is 1.65 bits per heavy atom. The van der Waals surface area contributed by atoms with Gasteiger partial charge in [-0.3, -0.25) is 4.31 Å². The Labute approximate surface area is 142 Å². The lowest BCUT2D eigenvalue weighted by molar-refractivity contribution is 0.600. The van der Waals surface area contributed by atoms with Gasteiger partial charge in [0.25, 0.3) is 0 Å². The van der Waals surface area contributed by atoms with Gasteiger partial charge >= 0.3 is 0 Å². The topological polar surface area (TPSA) is 61.4 Å². The molecule has 2 N–H and O–H groups in total. The van der Waals surface area contributed by atoms with Crippen LogP contribution in [0.5, 0.6) is 0 Å². The Morgan fingerprint density at radius 3 is 2.26 bits per heavy atom. The molecule has 122 valence electrons. The fourth-order valence-electron chi connectivity index (χ4n) is 1.90. The van der Waals surface area contributed by atoms with E-state index in [1.807, 2.05) is 37.3 Å². The second kappa shape index (κ2) is 6.97. The number of anilines is 3. The summed E-state index contributed by atoms with van der Waals surface area (Å²) in [4.78, 5) is 0. The normalized spacial score (nSPS) is 10.9. The summed E-state index contributed by atoms with van der Waals surface area (Å²) in [6.45, 7) is 2.02. The summed E-state index contributed by atoms with van der Waals surface area (Å²) in [6, 6.07) is 14.9. The number of aryl methyl sites for hydroxylation is 1. The van der Waals surface area contributed by atoms with Crippen molar-refractivity contribution in [2.45, 2.75) is 6.92 Å². The van der Waals surface area contributed by atoms with Crippen LogP contribution in [-0.2, 0) is 10.0 Å². The maximum absolute atomic E-state index is 11.6. The zero-order chi connectivity index (χ0) is 17.0. The van der Waals surface area contributed by atoms with Crippen molar-refractivity contribution in [1.82, 2.24) is 0 Å². The van der Waals surface area contributed by atoms with Crippen molar-refractivity contribution in [2.24, 2.45) is 0 Å². The number of hydrogen-bond donors (Lipinski definition) is 2. The molecule has 0 spiro atoms. The Hall–Kier alpha value is -2.12. The van der Waals surface area contributed by atoms with E-state index in [-0.39, 0.29) is 0 Å². The number of benzene rings is 2. The van der Waals surface area contributed by atoms with Crippen molar-refractivity contribution in [2.75, 3.05) is 28.2 Å². The van der Waals surface area contributed by atoms with E-state index in [9.17, 15) is 8.42 Å². The molecule has 2 aromatic rings. The van der Waals surface area contributed by atoms with Crippen LogP contribution in [0, 0.1) is 6.92 Å². The number of nitrogens with one attached hydrogen (secondary N) is 2. The molecule has 5 nitrogen and oxygen atoms in total. The largest absolute Gasteiger partial charge is 0.332 e. The minimum Gasteiger partial charge on any atom is -0.332 e. The summed E-state index contributed by atoms with van der Waals surface area (Å²) in [5.74, 6) is 0. The third kappa shape index (κ3) is 4.94. The average molecular weight is 349 g/mol. The molecule has 0 aromatic heterocycles. The summed E-state index contributed by atoms with van der Waals surface area (Å²) in [5.41, 5.74) is 3.33. The van der Waals surface area contributed by atoms with Crippen LogP contribution in [0.3, 0.4) is 0 Å². The molecule has 0 heterocycles. The van der Waals surface area contributed by atoms with E-state index in [4.69, 9.17) is 12.2 Å². The number of nitrogens with zero attached hydrogens (tertiary/aromatic N) is 1. The maximum atomic E-state index is 11.6. The number of thiocarbonyl (C=S) groups is 1. The van der Waals surface area contributed by atoms with Crippen LogP contribution in [-0.4, -0.2) is 26.8 Å². The average Bonchev–Trinajstić information content (AvgIpc) is 2.48. The molecule has 0 fully saturated rings. The number of rotatable bonds is 4. The van der Waals surface area contributed by atoms with Gasteiger partial charge in [-0.05, 0) is 49.5 Å². The molecular weight excluding hydrogens is 330 g/mol. The fraction of sp³-hybridized carbons (Fsp3) is 0.188. The first-order valence-corrected chi connectivity index (χ1v) is 9.20. The predicted molar refractivity (Wildman–Crippen MR) is 101 cm³/mol. The van der Waals surface area contributed by atoms with E-state index >= 15 is 0 Å². The highest BCUT2D eigenvalue weighted by molar-refractivity contribution is 7.92. The smallest absolute Gasteiger partial charge is 0.231 e. The predicted octanol–water partition coefficient (Wildman–Crippen LogP) is 3.20. The number of sulfonamides is 1. The highest BCUT2D eigenvalue weighted by Crippen LogP contribution is 2.20. The van der Waals surface area contributed by atoms with Crippen LogP contribution in [0.15, 0.2) is 48.5 Å². The van der Waals surface area contributed by atoms with Crippen molar-refractivity contribution < 1.29 is 8.42 Å². The highest BCUT2D eigenvalue weighted by atomic mass is 32.2. The van der Waals surface area contributed by atoms with Gasteiger partial charge in [0.05, 0.1) is 11.9 Å². The van der Waals surface area contributed by atoms with E-state index in [1.54, 1.807) is 18.2 Å². The fourth-order valence-corrected chi connectivity index (χ4v) is 2.63. The van der Waals surface area contributed by atoms with Crippen LogP contribution in [0.25, 0.3) is 0 Å². The standard InChI is InChI=1S/C16H19N3O2S2/c1-12-7-9-13(10-8-12)17-16(22)18-14-5-4-6-15(11-14)19(2)23(3,20)21/h4-11H,1-3H3,(H2,17,18,22). The van der Waals surface area contributed by atoms with Crippen LogP contribution < -0.4 is 14.9 Å². The Bertz CT molecular complexity index is 802. The monoisotopic (exact) mass is 349 g/mol. The molecule has 7 heteroatoms. The van der Waals surface area contributed by atoms with Crippen LogP contribution >= 0.6 is 12.2 Å². The van der Waals surface area contributed by atoms with Crippen LogP contribution in [0.2, 0.25) is 0 Å². The van der Waals surface area contributed by atoms with E-state index < -0.39 is 10.0 Å². The molecule has 0 atom stereocenters. The lowest BCUT2D eigenvalue weighted by atomic mass is 10.2. The van der Waals surface area contributed by atoms with Crippen LogP contribution in [0.1, 0.15) is 5.56 Å². The second-order valence-corrected chi connectivity index (χ2v) is 7.65. The van der Waals surface area contributed by atoms with Gasteiger partial charge in [0.1, 0.15) is 0 Å². The third-order valence-corrected chi connectivity index (χ3v) is 4.68. The molecule has 23 heavy (non-hydrogen) atoms. The molecule has 0 saturated heterocycles. The summed E-state index contributed by atoms with van der Waals surface area (Å²) in [7, 11) is -1.79. The van der Waals surface area contributed by atoms with Gasteiger partial charge in [-0.2, -0.15) is 0 Å². The van der Waals surface area contributed by atoms with Gasteiger partial charge in [-0.25, -0.2) is 8.42 Å². The van der Waals surface area contributed by atoms with Gasteiger partial charge in [-0.15, -0.1) is 0 Å². The lowest BCUT2D eigenvalue weighted by Crippen LogP contribution is -2.25. The zero-order valence-electron chi connectivity index (χ0n) is 13.2. The van der Waals surface area contributed by atoms with Crippen molar-refractivity contribution in [1.29, 1.82) is 0 Å². The molecule has 0 aliphatic rings.